The summed E-state index contributed by atoms with van der Waals surface area (Å²) in [6.07, 6.45) is 6.42. The van der Waals surface area contributed by atoms with Gasteiger partial charge in [-0.1, -0.05) is 6.42 Å². The summed E-state index contributed by atoms with van der Waals surface area (Å²) in [6, 6.07) is 4.58. The Labute approximate surface area is 107 Å². The molecule has 1 saturated carbocycles. The van der Waals surface area contributed by atoms with Crippen LogP contribution in [-0.2, 0) is 13.5 Å². The average molecular weight is 241 g/mol. The molecule has 1 aromatic carbocycles. The van der Waals surface area contributed by atoms with E-state index in [0.29, 0.717) is 5.92 Å². The Kier molecular flexibility index (Phi) is 2.16. The molecule has 0 radical (unpaired) electrons. The Hall–Kier alpha value is -1.51. The highest BCUT2D eigenvalue weighted by atomic mass is 15.1. The molecule has 1 aromatic heterocycles. The van der Waals surface area contributed by atoms with E-state index in [2.05, 4.69) is 29.1 Å². The van der Waals surface area contributed by atoms with E-state index in [1.54, 1.807) is 0 Å². The summed E-state index contributed by atoms with van der Waals surface area (Å²) >= 11 is 0. The van der Waals surface area contributed by atoms with Crippen molar-refractivity contribution < 1.29 is 0 Å². The normalized spacial score (nSPS) is 19.4. The first kappa shape index (κ1) is 10.4. The van der Waals surface area contributed by atoms with Crippen LogP contribution in [0.3, 0.4) is 0 Å². The van der Waals surface area contributed by atoms with E-state index in [-0.39, 0.29) is 0 Å². The van der Waals surface area contributed by atoms with Gasteiger partial charge in [-0.05, 0) is 43.4 Å². The molecule has 4 rings (SSSR count). The Morgan fingerprint density at radius 1 is 1.28 bits per heavy atom. The van der Waals surface area contributed by atoms with Gasteiger partial charge in [0.15, 0.2) is 0 Å². The van der Waals surface area contributed by atoms with E-state index in [1.165, 1.54) is 60.2 Å². The van der Waals surface area contributed by atoms with Crippen molar-refractivity contribution in [2.45, 2.75) is 38.0 Å². The van der Waals surface area contributed by atoms with E-state index in [9.17, 15) is 0 Å². The molecule has 2 aliphatic rings. The predicted molar refractivity (Wildman–Crippen MR) is 74.1 cm³/mol. The van der Waals surface area contributed by atoms with Crippen molar-refractivity contribution in [3.63, 3.8) is 0 Å². The molecule has 3 heteroatoms. The summed E-state index contributed by atoms with van der Waals surface area (Å²) in [4.78, 5) is 4.88. The Balaban J connectivity index is 1.89. The lowest BCUT2D eigenvalue weighted by atomic mass is 9.85. The molecular formula is C15H19N3. The number of hydrogen-bond acceptors (Lipinski definition) is 2. The van der Waals surface area contributed by atoms with E-state index in [1.807, 2.05) is 0 Å². The number of anilines is 1. The quantitative estimate of drug-likeness (QED) is 0.831. The molecule has 0 unspecified atom stereocenters. The zero-order valence-electron chi connectivity index (χ0n) is 10.9. The minimum absolute atomic E-state index is 0.701. The third-order valence-corrected chi connectivity index (χ3v) is 4.55. The second kappa shape index (κ2) is 3.74. The Bertz CT molecular complexity index is 608. The summed E-state index contributed by atoms with van der Waals surface area (Å²) in [7, 11) is 2.16. The molecule has 1 fully saturated rings. The number of aromatic nitrogens is 2. The predicted octanol–water partition coefficient (Wildman–Crippen LogP) is 3.20. The third kappa shape index (κ3) is 1.39. The zero-order chi connectivity index (χ0) is 12.1. The lowest BCUT2D eigenvalue weighted by Gasteiger charge is -2.24. The van der Waals surface area contributed by atoms with Crippen molar-refractivity contribution >= 4 is 16.7 Å². The molecule has 0 spiro atoms. The highest BCUT2D eigenvalue weighted by molar-refractivity contribution is 5.82. The van der Waals surface area contributed by atoms with Crippen LogP contribution >= 0.6 is 0 Å². The smallest absolute Gasteiger partial charge is 0.112 e. The minimum Gasteiger partial charge on any atom is -0.385 e. The average Bonchev–Trinajstić information content (AvgIpc) is 2.62. The van der Waals surface area contributed by atoms with E-state index in [0.717, 1.165) is 6.54 Å². The number of nitrogens with one attached hydrogen (secondary N) is 1. The van der Waals surface area contributed by atoms with Crippen LogP contribution in [0, 0.1) is 0 Å². The molecule has 0 saturated heterocycles. The first-order valence-corrected chi connectivity index (χ1v) is 7.06. The summed E-state index contributed by atoms with van der Waals surface area (Å²) < 4.78 is 2.30. The summed E-state index contributed by atoms with van der Waals surface area (Å²) in [5, 5.41) is 3.51. The van der Waals surface area contributed by atoms with Gasteiger partial charge in [-0.3, -0.25) is 0 Å². The fraction of sp³-hybridized carbons (Fsp3) is 0.533. The maximum atomic E-state index is 4.88. The summed E-state index contributed by atoms with van der Waals surface area (Å²) in [6.45, 7) is 1.10. The van der Waals surface area contributed by atoms with Gasteiger partial charge in [-0.2, -0.15) is 0 Å². The number of fused-ring (bicyclic) bond motifs is 2. The van der Waals surface area contributed by atoms with Crippen LogP contribution in [0.4, 0.5) is 5.69 Å². The first-order chi connectivity index (χ1) is 8.83. The molecule has 1 aliphatic carbocycles. The van der Waals surface area contributed by atoms with Gasteiger partial charge in [0.25, 0.3) is 0 Å². The topological polar surface area (TPSA) is 29.9 Å². The number of aryl methyl sites for hydroxylation is 2. The third-order valence-electron chi connectivity index (χ3n) is 4.55. The Morgan fingerprint density at radius 3 is 2.94 bits per heavy atom. The van der Waals surface area contributed by atoms with Crippen LogP contribution in [0.5, 0.6) is 0 Å². The summed E-state index contributed by atoms with van der Waals surface area (Å²) in [5.41, 5.74) is 5.22. The van der Waals surface area contributed by atoms with Crippen molar-refractivity contribution in [3.05, 3.63) is 23.5 Å². The molecule has 94 valence electrons. The highest BCUT2D eigenvalue weighted by Gasteiger charge is 2.25. The van der Waals surface area contributed by atoms with Crippen molar-refractivity contribution in [1.82, 2.24) is 9.55 Å². The number of hydrogen-bond donors (Lipinski definition) is 1. The molecular weight excluding hydrogens is 222 g/mol. The van der Waals surface area contributed by atoms with Gasteiger partial charge in [0.05, 0.1) is 11.0 Å². The van der Waals surface area contributed by atoms with Gasteiger partial charge >= 0.3 is 0 Å². The monoisotopic (exact) mass is 241 g/mol. The molecule has 0 atom stereocenters. The van der Waals surface area contributed by atoms with E-state index < -0.39 is 0 Å². The molecule has 1 aliphatic heterocycles. The van der Waals surface area contributed by atoms with Crippen molar-refractivity contribution in [3.8, 4) is 0 Å². The van der Waals surface area contributed by atoms with E-state index in [4.69, 9.17) is 4.98 Å². The molecule has 2 aromatic rings. The lowest BCUT2D eigenvalue weighted by molar-refractivity contribution is 0.395. The first-order valence-electron chi connectivity index (χ1n) is 7.06. The largest absolute Gasteiger partial charge is 0.385 e. The SMILES string of the molecule is Cn1c(C2CCC2)nc2cc3c(cc21)NCCC3. The van der Waals surface area contributed by atoms with Gasteiger partial charge in [-0.15, -0.1) is 0 Å². The van der Waals surface area contributed by atoms with Gasteiger partial charge in [0.1, 0.15) is 5.82 Å². The van der Waals surface area contributed by atoms with Crippen molar-refractivity contribution in [1.29, 1.82) is 0 Å². The van der Waals surface area contributed by atoms with Crippen LogP contribution in [0.1, 0.15) is 43.0 Å². The van der Waals surface area contributed by atoms with Crippen LogP contribution in [-0.4, -0.2) is 16.1 Å². The lowest BCUT2D eigenvalue weighted by Crippen LogP contribution is -2.13. The van der Waals surface area contributed by atoms with Gasteiger partial charge in [-0.25, -0.2) is 4.98 Å². The maximum absolute atomic E-state index is 4.88. The molecule has 3 nitrogen and oxygen atoms in total. The molecule has 18 heavy (non-hydrogen) atoms. The number of imidazole rings is 1. The van der Waals surface area contributed by atoms with E-state index >= 15 is 0 Å². The van der Waals surface area contributed by atoms with Crippen LogP contribution in [0.15, 0.2) is 12.1 Å². The number of rotatable bonds is 1. The standard InChI is InChI=1S/C15H19N3/c1-18-14-9-12-11(6-3-7-16-12)8-13(14)17-15(18)10-4-2-5-10/h8-10,16H,2-7H2,1H3. The van der Waals surface area contributed by atoms with Crippen LogP contribution in [0.2, 0.25) is 0 Å². The van der Waals surface area contributed by atoms with Crippen LogP contribution < -0.4 is 5.32 Å². The molecule has 0 bridgehead atoms. The van der Waals surface area contributed by atoms with Crippen molar-refractivity contribution in [2.24, 2.45) is 7.05 Å². The second-order valence-corrected chi connectivity index (χ2v) is 5.69. The summed E-state index contributed by atoms with van der Waals surface area (Å²) in [5.74, 6) is 1.99. The number of benzene rings is 1. The second-order valence-electron chi connectivity index (χ2n) is 5.69. The fourth-order valence-corrected chi connectivity index (χ4v) is 3.20. The van der Waals surface area contributed by atoms with Gasteiger partial charge in [0, 0.05) is 25.2 Å². The minimum atomic E-state index is 0.701. The molecule has 2 heterocycles. The van der Waals surface area contributed by atoms with Crippen molar-refractivity contribution in [2.75, 3.05) is 11.9 Å². The highest BCUT2D eigenvalue weighted by Crippen LogP contribution is 2.37. The van der Waals surface area contributed by atoms with Crippen LogP contribution in [0.25, 0.3) is 11.0 Å². The van der Waals surface area contributed by atoms with Gasteiger partial charge in [0.2, 0.25) is 0 Å². The molecule has 1 N–H and O–H groups in total. The zero-order valence-corrected chi connectivity index (χ0v) is 10.9. The number of nitrogens with zero attached hydrogens (tertiary/aromatic N) is 2. The Morgan fingerprint density at radius 2 is 2.17 bits per heavy atom. The van der Waals surface area contributed by atoms with Gasteiger partial charge < -0.3 is 9.88 Å². The maximum Gasteiger partial charge on any atom is 0.112 e. The molecule has 0 amide bonds. The fourth-order valence-electron chi connectivity index (χ4n) is 3.20.